The lowest BCUT2D eigenvalue weighted by atomic mass is 9.79. The molecule has 3 heteroatoms. The summed E-state index contributed by atoms with van der Waals surface area (Å²) in [5.74, 6) is 7.12. The molecule has 2 aromatic rings. The maximum Gasteiger partial charge on any atom is 0.119 e. The molecule has 0 heterocycles. The Morgan fingerprint density at radius 2 is 1.80 bits per heavy atom. The van der Waals surface area contributed by atoms with Gasteiger partial charge in [-0.1, -0.05) is 56.0 Å². The largest absolute Gasteiger partial charge is 0.494 e. The van der Waals surface area contributed by atoms with E-state index in [1.165, 1.54) is 0 Å². The van der Waals surface area contributed by atoms with E-state index in [2.05, 4.69) is 31.2 Å². The summed E-state index contributed by atoms with van der Waals surface area (Å²) < 4.78 is 5.47. The molecule has 1 atom stereocenters. The van der Waals surface area contributed by atoms with E-state index in [-0.39, 0.29) is 11.5 Å². The van der Waals surface area contributed by atoms with E-state index in [0.29, 0.717) is 13.0 Å². The number of hydrogen-bond acceptors (Lipinski definition) is 3. The Hall–Kier alpha value is -2.28. The van der Waals surface area contributed by atoms with Crippen LogP contribution in [0.2, 0.25) is 0 Å². The van der Waals surface area contributed by atoms with Crippen molar-refractivity contribution in [2.45, 2.75) is 33.2 Å². The van der Waals surface area contributed by atoms with E-state index < -0.39 is 0 Å². The summed E-state index contributed by atoms with van der Waals surface area (Å²) >= 11 is 0. The van der Waals surface area contributed by atoms with Crippen LogP contribution in [0.5, 0.6) is 5.75 Å². The fourth-order valence-corrected chi connectivity index (χ4v) is 2.53. The minimum atomic E-state index is -0.297. The number of rotatable bonds is 7. The molecule has 0 saturated carbocycles. The summed E-state index contributed by atoms with van der Waals surface area (Å²) in [4.78, 5) is 0. The average Bonchev–Trinajstić information content (AvgIpc) is 2.62. The van der Waals surface area contributed by atoms with Crippen LogP contribution < -0.4 is 10.2 Å². The highest BCUT2D eigenvalue weighted by molar-refractivity contribution is 5.36. The van der Waals surface area contributed by atoms with Crippen molar-refractivity contribution in [3.8, 4) is 17.6 Å². The molecule has 0 fully saturated rings. The number of hydrogen-bond donors (Lipinski definition) is 2. The standard InChI is InChI=1S/C22H26NO2/c1-4-25-20-14-12-19(13-15-20)17-21(23-24)22(2,3)16-8-11-18-9-6-5-7-10-18/h5-7,9-10,12-16,21,23-24H,4,17H2,1-3H3. The van der Waals surface area contributed by atoms with Gasteiger partial charge in [0.15, 0.2) is 0 Å². The van der Waals surface area contributed by atoms with Crippen molar-refractivity contribution in [2.24, 2.45) is 5.41 Å². The zero-order chi connectivity index (χ0) is 18.1. The molecule has 2 N–H and O–H groups in total. The Morgan fingerprint density at radius 3 is 2.40 bits per heavy atom. The number of benzene rings is 2. The normalized spacial score (nSPS) is 12.2. The minimum absolute atomic E-state index is 0.143. The fourth-order valence-electron chi connectivity index (χ4n) is 2.53. The molecule has 0 aliphatic rings. The molecule has 25 heavy (non-hydrogen) atoms. The zero-order valence-electron chi connectivity index (χ0n) is 15.1. The van der Waals surface area contributed by atoms with Gasteiger partial charge in [-0.05, 0) is 48.6 Å². The lowest BCUT2D eigenvalue weighted by Gasteiger charge is -2.31. The molecular formula is C22H26NO2. The summed E-state index contributed by atoms with van der Waals surface area (Å²) in [5.41, 5.74) is 4.27. The van der Waals surface area contributed by atoms with Crippen LogP contribution in [0.25, 0.3) is 0 Å². The minimum Gasteiger partial charge on any atom is -0.494 e. The van der Waals surface area contributed by atoms with Gasteiger partial charge in [0.25, 0.3) is 0 Å². The highest BCUT2D eigenvalue weighted by Gasteiger charge is 2.29. The Balaban J connectivity index is 2.01. The molecular weight excluding hydrogens is 310 g/mol. The summed E-state index contributed by atoms with van der Waals surface area (Å²) in [6.07, 6.45) is 2.64. The molecule has 131 valence electrons. The van der Waals surface area contributed by atoms with Gasteiger partial charge in [0.05, 0.1) is 6.61 Å². The molecule has 0 aliphatic carbocycles. The molecule has 0 amide bonds. The van der Waals surface area contributed by atoms with Crippen LogP contribution >= 0.6 is 0 Å². The predicted molar refractivity (Wildman–Crippen MR) is 101 cm³/mol. The van der Waals surface area contributed by atoms with Gasteiger partial charge in [0.2, 0.25) is 0 Å². The van der Waals surface area contributed by atoms with Crippen molar-refractivity contribution in [1.82, 2.24) is 5.48 Å². The third-order valence-corrected chi connectivity index (χ3v) is 4.16. The first-order valence-corrected chi connectivity index (χ1v) is 8.57. The van der Waals surface area contributed by atoms with Gasteiger partial charge in [-0.2, -0.15) is 0 Å². The first-order valence-electron chi connectivity index (χ1n) is 8.57. The van der Waals surface area contributed by atoms with Crippen LogP contribution in [0.15, 0.2) is 54.6 Å². The SMILES string of the molecule is CCOc1ccc(CC(NO)C(C)(C)[CH]C#Cc2ccccc2)cc1. The Kier molecular flexibility index (Phi) is 7.06. The van der Waals surface area contributed by atoms with E-state index in [1.807, 2.05) is 67.9 Å². The topological polar surface area (TPSA) is 41.5 Å². The Bertz CT molecular complexity index is 696. The van der Waals surface area contributed by atoms with Crippen LogP contribution in [0.4, 0.5) is 0 Å². The van der Waals surface area contributed by atoms with Crippen molar-refractivity contribution in [2.75, 3.05) is 6.61 Å². The van der Waals surface area contributed by atoms with Gasteiger partial charge in [0, 0.05) is 18.0 Å². The Morgan fingerprint density at radius 1 is 1.12 bits per heavy atom. The van der Waals surface area contributed by atoms with Crippen molar-refractivity contribution in [3.63, 3.8) is 0 Å². The second kappa shape index (κ2) is 9.27. The quantitative estimate of drug-likeness (QED) is 0.586. The van der Waals surface area contributed by atoms with Crippen molar-refractivity contribution in [3.05, 3.63) is 72.1 Å². The van der Waals surface area contributed by atoms with Gasteiger partial charge in [0.1, 0.15) is 5.75 Å². The summed E-state index contributed by atoms with van der Waals surface area (Å²) in [7, 11) is 0. The van der Waals surface area contributed by atoms with Crippen molar-refractivity contribution >= 4 is 0 Å². The third kappa shape index (κ3) is 5.94. The maximum absolute atomic E-state index is 9.64. The van der Waals surface area contributed by atoms with Crippen LogP contribution in [0, 0.1) is 23.7 Å². The highest BCUT2D eigenvalue weighted by atomic mass is 16.5. The van der Waals surface area contributed by atoms with Gasteiger partial charge in [-0.3, -0.25) is 0 Å². The van der Waals surface area contributed by atoms with E-state index >= 15 is 0 Å². The summed E-state index contributed by atoms with van der Waals surface area (Å²) in [5, 5.41) is 9.64. The molecule has 0 saturated heterocycles. The zero-order valence-corrected chi connectivity index (χ0v) is 15.1. The molecule has 2 rings (SSSR count). The second-order valence-electron chi connectivity index (χ2n) is 6.56. The summed E-state index contributed by atoms with van der Waals surface area (Å²) in [6.45, 7) is 6.75. The van der Waals surface area contributed by atoms with E-state index in [9.17, 15) is 5.21 Å². The monoisotopic (exact) mass is 336 g/mol. The lowest BCUT2D eigenvalue weighted by Crippen LogP contribution is -2.42. The van der Waals surface area contributed by atoms with Crippen LogP contribution in [0.3, 0.4) is 0 Å². The van der Waals surface area contributed by atoms with Gasteiger partial charge in [-0.25, -0.2) is 5.48 Å². The predicted octanol–water partition coefficient (Wildman–Crippen LogP) is 4.26. The number of hydroxylamine groups is 1. The lowest BCUT2D eigenvalue weighted by molar-refractivity contribution is 0.0790. The number of nitrogens with one attached hydrogen (secondary N) is 1. The number of ether oxygens (including phenoxy) is 1. The van der Waals surface area contributed by atoms with Gasteiger partial charge >= 0.3 is 0 Å². The molecule has 1 radical (unpaired) electrons. The van der Waals surface area contributed by atoms with Crippen LogP contribution in [-0.2, 0) is 6.42 Å². The molecule has 1 unspecified atom stereocenters. The van der Waals surface area contributed by atoms with E-state index in [0.717, 1.165) is 16.9 Å². The molecule has 3 nitrogen and oxygen atoms in total. The molecule has 0 aromatic heterocycles. The van der Waals surface area contributed by atoms with Gasteiger partial charge < -0.3 is 9.94 Å². The van der Waals surface area contributed by atoms with Crippen LogP contribution in [0.1, 0.15) is 31.9 Å². The molecule has 0 aliphatic heterocycles. The first kappa shape index (κ1) is 19.1. The maximum atomic E-state index is 9.64. The van der Waals surface area contributed by atoms with Gasteiger partial charge in [-0.15, -0.1) is 0 Å². The second-order valence-corrected chi connectivity index (χ2v) is 6.56. The van der Waals surface area contributed by atoms with Crippen molar-refractivity contribution in [1.29, 1.82) is 0 Å². The average molecular weight is 336 g/mol. The fraction of sp³-hybridized carbons (Fsp3) is 0.318. The highest BCUT2D eigenvalue weighted by Crippen LogP contribution is 2.27. The molecule has 2 aromatic carbocycles. The van der Waals surface area contributed by atoms with Crippen LogP contribution in [-0.4, -0.2) is 17.9 Å². The molecule has 0 spiro atoms. The Labute approximate surface area is 151 Å². The smallest absolute Gasteiger partial charge is 0.119 e. The molecule has 0 bridgehead atoms. The van der Waals surface area contributed by atoms with E-state index in [4.69, 9.17) is 4.74 Å². The summed E-state index contributed by atoms with van der Waals surface area (Å²) in [6, 6.07) is 17.7. The third-order valence-electron chi connectivity index (χ3n) is 4.16. The first-order chi connectivity index (χ1) is 12.0. The van der Waals surface area contributed by atoms with E-state index in [1.54, 1.807) is 0 Å². The van der Waals surface area contributed by atoms with Crippen molar-refractivity contribution < 1.29 is 9.94 Å².